The zero-order chi connectivity index (χ0) is 29.1. The summed E-state index contributed by atoms with van der Waals surface area (Å²) in [7, 11) is -3.88. The van der Waals surface area contributed by atoms with Crippen molar-refractivity contribution in [3.05, 3.63) is 95.6 Å². The smallest absolute Gasteiger partial charge is 0.244 e. The normalized spacial score (nSPS) is 11.9. The molecular weight excluding hydrogens is 526 g/mol. The average molecular weight is 566 g/mol. The fraction of sp³-hybridized carbons (Fsp3) is 0.355. The molecule has 3 aromatic rings. The van der Waals surface area contributed by atoms with E-state index in [1.54, 1.807) is 31.2 Å². The number of amides is 2. The number of carbonyl (C=O) groups is 2. The molecule has 40 heavy (non-hydrogen) atoms. The van der Waals surface area contributed by atoms with Crippen molar-refractivity contribution in [3.63, 3.8) is 0 Å². The van der Waals surface area contributed by atoms with Crippen LogP contribution in [0.25, 0.3) is 0 Å². The van der Waals surface area contributed by atoms with Gasteiger partial charge in [0.15, 0.2) is 0 Å². The highest BCUT2D eigenvalue weighted by Gasteiger charge is 2.33. The molecule has 2 amide bonds. The molecule has 1 atom stereocenters. The van der Waals surface area contributed by atoms with Gasteiger partial charge in [0.05, 0.1) is 18.6 Å². The minimum atomic E-state index is -3.88. The van der Waals surface area contributed by atoms with Crippen LogP contribution in [-0.4, -0.2) is 57.1 Å². The molecule has 0 aliphatic heterocycles. The summed E-state index contributed by atoms with van der Waals surface area (Å²) in [5, 5.41) is 2.94. The van der Waals surface area contributed by atoms with Crippen molar-refractivity contribution in [2.75, 3.05) is 30.3 Å². The molecule has 0 fully saturated rings. The van der Waals surface area contributed by atoms with Gasteiger partial charge < -0.3 is 15.0 Å². The lowest BCUT2D eigenvalue weighted by Crippen LogP contribution is -2.53. The first kappa shape index (κ1) is 30.7. The third kappa shape index (κ3) is 8.58. The third-order valence-electron chi connectivity index (χ3n) is 6.41. The second-order valence-corrected chi connectivity index (χ2v) is 11.6. The van der Waals surface area contributed by atoms with Gasteiger partial charge in [-0.3, -0.25) is 13.9 Å². The van der Waals surface area contributed by atoms with Gasteiger partial charge in [0.1, 0.15) is 18.3 Å². The molecule has 0 saturated carbocycles. The summed E-state index contributed by atoms with van der Waals surface area (Å²) < 4.78 is 32.7. The van der Waals surface area contributed by atoms with E-state index in [2.05, 4.69) is 5.32 Å². The molecule has 0 unspecified atom stereocenters. The van der Waals surface area contributed by atoms with Crippen molar-refractivity contribution >= 4 is 27.5 Å². The Morgan fingerprint density at radius 3 is 2.17 bits per heavy atom. The summed E-state index contributed by atoms with van der Waals surface area (Å²) in [6.45, 7) is 6.19. The van der Waals surface area contributed by atoms with E-state index in [9.17, 15) is 18.0 Å². The maximum atomic E-state index is 14.1. The summed E-state index contributed by atoms with van der Waals surface area (Å²) >= 11 is 0. The van der Waals surface area contributed by atoms with E-state index in [0.29, 0.717) is 18.9 Å². The molecule has 3 aromatic carbocycles. The van der Waals surface area contributed by atoms with Crippen LogP contribution in [0.4, 0.5) is 5.69 Å². The Labute approximate surface area is 238 Å². The summed E-state index contributed by atoms with van der Waals surface area (Å²) in [4.78, 5) is 29.1. The first-order valence-corrected chi connectivity index (χ1v) is 15.3. The van der Waals surface area contributed by atoms with E-state index in [1.165, 1.54) is 4.90 Å². The van der Waals surface area contributed by atoms with Crippen LogP contribution in [0.5, 0.6) is 5.75 Å². The predicted octanol–water partition coefficient (Wildman–Crippen LogP) is 4.33. The van der Waals surface area contributed by atoms with Gasteiger partial charge in [0, 0.05) is 19.5 Å². The van der Waals surface area contributed by atoms with Crippen molar-refractivity contribution in [2.24, 2.45) is 0 Å². The average Bonchev–Trinajstić information content (AvgIpc) is 2.93. The van der Waals surface area contributed by atoms with Crippen LogP contribution in [0.1, 0.15) is 37.0 Å². The number of sulfonamides is 1. The molecule has 1 N–H and O–H groups in total. The maximum Gasteiger partial charge on any atom is 0.244 e. The summed E-state index contributed by atoms with van der Waals surface area (Å²) in [5.74, 6) is -0.425. The number of nitrogens with one attached hydrogen (secondary N) is 1. The predicted molar refractivity (Wildman–Crippen MR) is 159 cm³/mol. The van der Waals surface area contributed by atoms with Crippen molar-refractivity contribution in [3.8, 4) is 5.75 Å². The Hall–Kier alpha value is -3.85. The van der Waals surface area contributed by atoms with Gasteiger partial charge in [-0.15, -0.1) is 0 Å². The van der Waals surface area contributed by atoms with Gasteiger partial charge in [-0.1, -0.05) is 79.2 Å². The molecule has 0 spiro atoms. The number of hydrogen-bond donors (Lipinski definition) is 1. The molecule has 214 valence electrons. The lowest BCUT2D eigenvalue weighted by Gasteiger charge is -2.33. The minimum Gasteiger partial charge on any atom is -0.492 e. The van der Waals surface area contributed by atoms with E-state index in [1.807, 2.05) is 68.4 Å². The second-order valence-electron chi connectivity index (χ2n) is 9.67. The lowest BCUT2D eigenvalue weighted by molar-refractivity contribution is -0.140. The highest BCUT2D eigenvalue weighted by molar-refractivity contribution is 7.92. The van der Waals surface area contributed by atoms with Crippen LogP contribution < -0.4 is 14.4 Å². The first-order chi connectivity index (χ1) is 19.1. The third-order valence-corrected chi connectivity index (χ3v) is 7.53. The Kier molecular flexibility index (Phi) is 11.1. The maximum absolute atomic E-state index is 14.1. The summed E-state index contributed by atoms with van der Waals surface area (Å²) in [5.41, 5.74) is 3.06. The molecular formula is C31H39N3O5S. The van der Waals surface area contributed by atoms with Crippen LogP contribution in [-0.2, 0) is 32.6 Å². The number of hydrogen-bond acceptors (Lipinski definition) is 5. The Morgan fingerprint density at radius 2 is 1.55 bits per heavy atom. The minimum absolute atomic E-state index is 0.140. The van der Waals surface area contributed by atoms with E-state index in [-0.39, 0.29) is 24.6 Å². The summed E-state index contributed by atoms with van der Waals surface area (Å²) in [6.07, 6.45) is 2.08. The lowest BCUT2D eigenvalue weighted by atomic mass is 10.0. The van der Waals surface area contributed by atoms with Crippen molar-refractivity contribution in [1.82, 2.24) is 10.2 Å². The van der Waals surface area contributed by atoms with Gasteiger partial charge in [-0.2, -0.15) is 0 Å². The van der Waals surface area contributed by atoms with Crippen LogP contribution in [0.2, 0.25) is 0 Å². The van der Waals surface area contributed by atoms with Crippen LogP contribution in [0.15, 0.2) is 78.9 Å². The SMILES string of the molecule is CCCNC(=O)[C@H](Cc1ccccc1)N(Cc1ccc(C)cc1)C(=O)CN(c1ccccc1OCC)S(C)(=O)=O. The zero-order valence-electron chi connectivity index (χ0n) is 23.7. The molecule has 0 heterocycles. The van der Waals surface area contributed by atoms with E-state index in [4.69, 9.17) is 4.74 Å². The molecule has 0 aliphatic carbocycles. The quantitative estimate of drug-likeness (QED) is 0.314. The fourth-order valence-electron chi connectivity index (χ4n) is 4.35. The highest BCUT2D eigenvalue weighted by atomic mass is 32.2. The zero-order valence-corrected chi connectivity index (χ0v) is 24.5. The number of aryl methyl sites for hydroxylation is 1. The van der Waals surface area contributed by atoms with Gasteiger partial charge in [0.2, 0.25) is 21.8 Å². The van der Waals surface area contributed by atoms with Crippen molar-refractivity contribution in [1.29, 1.82) is 0 Å². The molecule has 0 radical (unpaired) electrons. The van der Waals surface area contributed by atoms with Crippen molar-refractivity contribution in [2.45, 2.75) is 46.2 Å². The summed E-state index contributed by atoms with van der Waals surface area (Å²) in [6, 6.07) is 23.1. The molecule has 3 rings (SSSR count). The second kappa shape index (κ2) is 14.5. The molecule has 0 bridgehead atoms. The Bertz CT molecular complexity index is 1360. The highest BCUT2D eigenvalue weighted by Crippen LogP contribution is 2.30. The van der Waals surface area contributed by atoms with E-state index < -0.39 is 28.5 Å². The fourth-order valence-corrected chi connectivity index (χ4v) is 5.20. The van der Waals surface area contributed by atoms with Gasteiger partial charge >= 0.3 is 0 Å². The van der Waals surface area contributed by atoms with E-state index >= 15 is 0 Å². The number of para-hydroxylation sites is 2. The van der Waals surface area contributed by atoms with Crippen LogP contribution >= 0.6 is 0 Å². The molecule has 8 nitrogen and oxygen atoms in total. The van der Waals surface area contributed by atoms with E-state index in [0.717, 1.165) is 33.7 Å². The Balaban J connectivity index is 2.06. The number of anilines is 1. The monoisotopic (exact) mass is 565 g/mol. The number of rotatable bonds is 14. The number of ether oxygens (including phenoxy) is 1. The Morgan fingerprint density at radius 1 is 0.900 bits per heavy atom. The van der Waals surface area contributed by atoms with Gasteiger partial charge in [0.25, 0.3) is 0 Å². The van der Waals surface area contributed by atoms with Crippen molar-refractivity contribution < 1.29 is 22.7 Å². The van der Waals surface area contributed by atoms with Crippen LogP contribution in [0, 0.1) is 6.92 Å². The van der Waals surface area contributed by atoms with Gasteiger partial charge in [-0.25, -0.2) is 8.42 Å². The molecule has 0 aromatic heterocycles. The molecule has 0 saturated heterocycles. The number of benzene rings is 3. The number of nitrogens with zero attached hydrogens (tertiary/aromatic N) is 2. The topological polar surface area (TPSA) is 96.0 Å². The van der Waals surface area contributed by atoms with Crippen LogP contribution in [0.3, 0.4) is 0 Å². The number of carbonyl (C=O) groups excluding carboxylic acids is 2. The molecule has 0 aliphatic rings. The largest absolute Gasteiger partial charge is 0.492 e. The first-order valence-electron chi connectivity index (χ1n) is 13.5. The molecule has 9 heteroatoms. The van der Waals surface area contributed by atoms with Gasteiger partial charge in [-0.05, 0) is 43.5 Å². The standard InChI is InChI=1S/C31H39N3O5S/c1-5-20-32-31(36)28(21-25-12-8-7-9-13-25)33(22-26-18-16-24(3)17-19-26)30(35)23-34(40(4,37)38)27-14-10-11-15-29(27)39-6-2/h7-19,28H,5-6,20-23H2,1-4H3,(H,32,36)/t28-/m0/s1.